The number of carbonyl (C=O) groups is 1. The van der Waals surface area contributed by atoms with E-state index in [1.165, 1.54) is 0 Å². The van der Waals surface area contributed by atoms with Gasteiger partial charge in [0.05, 0.1) is 12.1 Å². The van der Waals surface area contributed by atoms with E-state index < -0.39 is 6.04 Å². The van der Waals surface area contributed by atoms with Crippen LogP contribution >= 0.6 is 0 Å². The van der Waals surface area contributed by atoms with Crippen molar-refractivity contribution in [3.05, 3.63) is 0 Å². The van der Waals surface area contributed by atoms with Crippen LogP contribution in [0.5, 0.6) is 0 Å². The molecule has 82 valence electrons. The number of hydrogen-bond donors (Lipinski definition) is 3. The first-order valence-electron chi connectivity index (χ1n) is 5.36. The molecule has 0 aromatic carbocycles. The van der Waals surface area contributed by atoms with Crippen molar-refractivity contribution >= 4 is 5.91 Å². The minimum atomic E-state index is -0.409. The molecule has 0 aromatic rings. The summed E-state index contributed by atoms with van der Waals surface area (Å²) >= 11 is 0. The van der Waals surface area contributed by atoms with E-state index in [1.54, 1.807) is 0 Å². The van der Waals surface area contributed by atoms with Gasteiger partial charge < -0.3 is 16.2 Å². The van der Waals surface area contributed by atoms with Crippen LogP contribution in [0.3, 0.4) is 0 Å². The zero-order valence-corrected chi connectivity index (χ0v) is 8.70. The molecule has 0 aliphatic heterocycles. The fourth-order valence-electron chi connectivity index (χ4n) is 1.80. The van der Waals surface area contributed by atoms with E-state index in [4.69, 9.17) is 5.73 Å². The van der Waals surface area contributed by atoms with Crippen molar-refractivity contribution in [1.29, 1.82) is 0 Å². The van der Waals surface area contributed by atoms with E-state index in [0.29, 0.717) is 13.0 Å². The Labute approximate surface area is 84.9 Å². The Morgan fingerprint density at radius 2 is 2.36 bits per heavy atom. The van der Waals surface area contributed by atoms with Gasteiger partial charge in [0.15, 0.2) is 0 Å². The molecule has 4 N–H and O–H groups in total. The van der Waals surface area contributed by atoms with Gasteiger partial charge in [0.25, 0.3) is 0 Å². The number of carbonyl (C=O) groups excluding carboxylic acids is 1. The summed E-state index contributed by atoms with van der Waals surface area (Å²) in [5.74, 6) is 0.120. The van der Waals surface area contributed by atoms with Crippen LogP contribution in [0.25, 0.3) is 0 Å². The van der Waals surface area contributed by atoms with Crippen molar-refractivity contribution in [2.75, 3.05) is 6.54 Å². The fraction of sp³-hybridized carbons (Fsp3) is 0.900. The summed E-state index contributed by atoms with van der Waals surface area (Å²) in [6.07, 6.45) is 3.33. The third-order valence-corrected chi connectivity index (χ3v) is 2.93. The van der Waals surface area contributed by atoms with Crippen molar-refractivity contribution in [3.8, 4) is 0 Å². The van der Waals surface area contributed by atoms with Crippen molar-refractivity contribution in [2.45, 2.75) is 44.8 Å². The number of nitrogens with two attached hydrogens (primary N) is 1. The average Bonchev–Trinajstić information content (AvgIpc) is 2.59. The molecule has 1 saturated carbocycles. The smallest absolute Gasteiger partial charge is 0.236 e. The van der Waals surface area contributed by atoms with Gasteiger partial charge in [0, 0.05) is 12.5 Å². The van der Waals surface area contributed by atoms with Crippen LogP contribution in [0.15, 0.2) is 0 Å². The van der Waals surface area contributed by atoms with Gasteiger partial charge in [-0.1, -0.05) is 13.3 Å². The zero-order valence-electron chi connectivity index (χ0n) is 8.70. The number of aliphatic hydroxyl groups is 1. The van der Waals surface area contributed by atoms with E-state index >= 15 is 0 Å². The second-order valence-corrected chi connectivity index (χ2v) is 4.02. The first-order valence-corrected chi connectivity index (χ1v) is 5.36. The topological polar surface area (TPSA) is 75.4 Å². The van der Waals surface area contributed by atoms with Crippen LogP contribution in [0.1, 0.15) is 32.6 Å². The minimum absolute atomic E-state index is 0.105. The molecule has 0 aromatic heterocycles. The Balaban J connectivity index is 2.22. The van der Waals surface area contributed by atoms with Gasteiger partial charge in [-0.05, 0) is 19.3 Å². The molecule has 4 heteroatoms. The summed E-state index contributed by atoms with van der Waals surface area (Å²) in [6.45, 7) is 2.45. The summed E-state index contributed by atoms with van der Waals surface area (Å²) in [7, 11) is 0. The first-order chi connectivity index (χ1) is 6.65. The fourth-order valence-corrected chi connectivity index (χ4v) is 1.80. The van der Waals surface area contributed by atoms with Crippen LogP contribution in [0.4, 0.5) is 0 Å². The van der Waals surface area contributed by atoms with Crippen LogP contribution in [0.2, 0.25) is 0 Å². The summed E-state index contributed by atoms with van der Waals surface area (Å²) in [4.78, 5) is 11.3. The molecule has 3 atom stereocenters. The maximum Gasteiger partial charge on any atom is 0.236 e. The Hall–Kier alpha value is -0.610. The van der Waals surface area contributed by atoms with Crippen molar-refractivity contribution in [3.63, 3.8) is 0 Å². The molecule has 0 bridgehead atoms. The van der Waals surface area contributed by atoms with E-state index in [2.05, 4.69) is 5.32 Å². The maximum atomic E-state index is 11.3. The number of rotatable bonds is 4. The van der Waals surface area contributed by atoms with Gasteiger partial charge in [-0.25, -0.2) is 0 Å². The van der Waals surface area contributed by atoms with Gasteiger partial charge in [0.1, 0.15) is 0 Å². The van der Waals surface area contributed by atoms with Gasteiger partial charge in [-0.3, -0.25) is 4.79 Å². The molecular formula is C10H20N2O2. The molecule has 0 radical (unpaired) electrons. The molecule has 0 saturated heterocycles. The van der Waals surface area contributed by atoms with E-state index in [-0.39, 0.29) is 17.9 Å². The summed E-state index contributed by atoms with van der Waals surface area (Å²) in [5.41, 5.74) is 5.56. The van der Waals surface area contributed by atoms with Gasteiger partial charge in [0.2, 0.25) is 5.91 Å². The predicted octanol–water partition coefficient (Wildman–Crippen LogP) is 0.000900. The summed E-state index contributed by atoms with van der Waals surface area (Å²) < 4.78 is 0. The standard InChI is InChI=1S/C10H20N2O2/c1-2-8(11)10(14)12-6-7-4-3-5-9(7)13/h7-9,13H,2-6,11H2,1H3,(H,12,14)/t7?,8-,9?/m1/s1. The molecule has 4 nitrogen and oxygen atoms in total. The van der Waals surface area contributed by atoms with Crippen LogP contribution in [0, 0.1) is 5.92 Å². The lowest BCUT2D eigenvalue weighted by Gasteiger charge is -2.16. The number of nitrogens with one attached hydrogen (secondary N) is 1. The number of aliphatic hydroxyl groups excluding tert-OH is 1. The SMILES string of the molecule is CC[C@@H](N)C(=O)NCC1CCCC1O. The third-order valence-electron chi connectivity index (χ3n) is 2.93. The molecule has 2 unspecified atom stereocenters. The van der Waals surface area contributed by atoms with E-state index in [1.807, 2.05) is 6.92 Å². The maximum absolute atomic E-state index is 11.3. The summed E-state index contributed by atoms with van der Waals surface area (Å²) in [5, 5.41) is 12.3. The van der Waals surface area contributed by atoms with Crippen molar-refractivity contribution in [1.82, 2.24) is 5.32 Å². The van der Waals surface area contributed by atoms with Crippen LogP contribution in [-0.2, 0) is 4.79 Å². The lowest BCUT2D eigenvalue weighted by molar-refractivity contribution is -0.122. The predicted molar refractivity (Wildman–Crippen MR) is 54.6 cm³/mol. The zero-order chi connectivity index (χ0) is 10.6. The second-order valence-electron chi connectivity index (χ2n) is 4.02. The Morgan fingerprint density at radius 3 is 2.86 bits per heavy atom. The lowest BCUT2D eigenvalue weighted by atomic mass is 10.1. The Kier molecular flexibility index (Phi) is 4.35. The van der Waals surface area contributed by atoms with E-state index in [9.17, 15) is 9.90 Å². The number of hydrogen-bond acceptors (Lipinski definition) is 3. The highest BCUT2D eigenvalue weighted by atomic mass is 16.3. The Bertz CT molecular complexity index is 197. The first kappa shape index (κ1) is 11.5. The Morgan fingerprint density at radius 1 is 1.64 bits per heavy atom. The third kappa shape index (κ3) is 2.96. The molecule has 1 fully saturated rings. The van der Waals surface area contributed by atoms with Crippen LogP contribution in [-0.4, -0.2) is 29.7 Å². The van der Waals surface area contributed by atoms with Crippen LogP contribution < -0.4 is 11.1 Å². The van der Waals surface area contributed by atoms with E-state index in [0.717, 1.165) is 19.3 Å². The van der Waals surface area contributed by atoms with Crippen molar-refractivity contribution < 1.29 is 9.90 Å². The molecule has 0 heterocycles. The highest BCUT2D eigenvalue weighted by molar-refractivity contribution is 5.81. The normalized spacial score (nSPS) is 28.8. The monoisotopic (exact) mass is 200 g/mol. The summed E-state index contributed by atoms with van der Waals surface area (Å²) in [6, 6.07) is -0.409. The van der Waals surface area contributed by atoms with Gasteiger partial charge in [-0.2, -0.15) is 0 Å². The molecule has 1 aliphatic rings. The van der Waals surface area contributed by atoms with Gasteiger partial charge in [-0.15, -0.1) is 0 Å². The highest BCUT2D eigenvalue weighted by Gasteiger charge is 2.25. The van der Waals surface area contributed by atoms with Crippen molar-refractivity contribution in [2.24, 2.45) is 11.7 Å². The number of amides is 1. The van der Waals surface area contributed by atoms with Gasteiger partial charge >= 0.3 is 0 Å². The molecule has 1 aliphatic carbocycles. The molecule has 1 rings (SSSR count). The minimum Gasteiger partial charge on any atom is -0.393 e. The largest absolute Gasteiger partial charge is 0.393 e. The highest BCUT2D eigenvalue weighted by Crippen LogP contribution is 2.24. The molecular weight excluding hydrogens is 180 g/mol. The lowest BCUT2D eigenvalue weighted by Crippen LogP contribution is -2.42. The quantitative estimate of drug-likeness (QED) is 0.598. The molecule has 0 spiro atoms. The molecule has 14 heavy (non-hydrogen) atoms. The molecule has 1 amide bonds. The average molecular weight is 200 g/mol. The second kappa shape index (κ2) is 5.32.